The van der Waals surface area contributed by atoms with Gasteiger partial charge < -0.3 is 10.0 Å². The van der Waals surface area contributed by atoms with Crippen LogP contribution >= 0.6 is 0 Å². The van der Waals surface area contributed by atoms with Crippen molar-refractivity contribution in [2.75, 3.05) is 0 Å². The third-order valence-corrected chi connectivity index (χ3v) is 3.83. The van der Waals surface area contributed by atoms with Crippen LogP contribution in [0.5, 0.6) is 0 Å². The number of pyridine rings is 1. The second kappa shape index (κ2) is 4.11. The predicted molar refractivity (Wildman–Crippen MR) is 62.5 cm³/mol. The van der Waals surface area contributed by atoms with Crippen LogP contribution in [-0.2, 0) is 0 Å². The lowest BCUT2D eigenvalue weighted by Crippen LogP contribution is -2.48. The first-order valence-electron chi connectivity index (χ1n) is 6.17. The Morgan fingerprint density at radius 3 is 2.59 bits per heavy atom. The Bertz CT molecular complexity index is 407. The van der Waals surface area contributed by atoms with Crippen LogP contribution in [0.25, 0.3) is 0 Å². The van der Waals surface area contributed by atoms with Crippen LogP contribution in [0, 0.1) is 0 Å². The Labute approximate surface area is 100 Å². The minimum Gasteiger partial charge on any atom is -0.393 e. The van der Waals surface area contributed by atoms with Crippen LogP contribution in [-0.4, -0.2) is 39.1 Å². The van der Waals surface area contributed by atoms with Gasteiger partial charge in [-0.2, -0.15) is 0 Å². The summed E-state index contributed by atoms with van der Waals surface area (Å²) in [6.45, 7) is 0. The molecule has 0 aliphatic carbocycles. The number of aromatic nitrogens is 1. The molecule has 90 valence electrons. The van der Waals surface area contributed by atoms with Gasteiger partial charge in [0, 0.05) is 18.3 Å². The number of hydrogen-bond acceptors (Lipinski definition) is 3. The Morgan fingerprint density at radius 2 is 2.00 bits per heavy atom. The van der Waals surface area contributed by atoms with E-state index in [-0.39, 0.29) is 24.1 Å². The molecule has 1 aromatic heterocycles. The van der Waals surface area contributed by atoms with E-state index in [2.05, 4.69) is 4.98 Å². The minimum absolute atomic E-state index is 0.0185. The molecule has 1 amide bonds. The van der Waals surface area contributed by atoms with E-state index in [0.29, 0.717) is 5.69 Å². The van der Waals surface area contributed by atoms with E-state index in [1.165, 1.54) is 0 Å². The summed E-state index contributed by atoms with van der Waals surface area (Å²) in [5.74, 6) is 0.0185. The molecule has 2 bridgehead atoms. The van der Waals surface area contributed by atoms with Crippen molar-refractivity contribution in [2.24, 2.45) is 0 Å². The van der Waals surface area contributed by atoms with Gasteiger partial charge in [-0.3, -0.25) is 9.78 Å². The molecule has 0 aromatic carbocycles. The first-order valence-corrected chi connectivity index (χ1v) is 6.17. The van der Waals surface area contributed by atoms with E-state index < -0.39 is 0 Å². The maximum absolute atomic E-state index is 12.3. The van der Waals surface area contributed by atoms with Crippen molar-refractivity contribution in [1.82, 2.24) is 9.88 Å². The van der Waals surface area contributed by atoms with E-state index in [1.807, 2.05) is 17.0 Å². The number of hydrogen-bond donors (Lipinski definition) is 1. The van der Waals surface area contributed by atoms with Crippen LogP contribution in [0.1, 0.15) is 36.2 Å². The van der Waals surface area contributed by atoms with E-state index in [9.17, 15) is 9.90 Å². The molecule has 4 nitrogen and oxygen atoms in total. The standard InChI is InChI=1S/C13H16N2O2/c16-11-7-9-4-5-10(8-11)15(9)13(17)12-3-1-2-6-14-12/h1-3,6,9-11,16H,4-5,7-8H2. The molecule has 2 unspecified atom stereocenters. The highest BCUT2D eigenvalue weighted by Gasteiger charge is 2.43. The van der Waals surface area contributed by atoms with Crippen molar-refractivity contribution in [3.8, 4) is 0 Å². The van der Waals surface area contributed by atoms with Gasteiger partial charge in [0.1, 0.15) is 5.69 Å². The summed E-state index contributed by atoms with van der Waals surface area (Å²) in [7, 11) is 0. The number of nitrogens with zero attached hydrogens (tertiary/aromatic N) is 2. The Morgan fingerprint density at radius 1 is 1.29 bits per heavy atom. The zero-order valence-corrected chi connectivity index (χ0v) is 9.62. The number of carbonyl (C=O) groups excluding carboxylic acids is 1. The van der Waals surface area contributed by atoms with E-state index in [4.69, 9.17) is 0 Å². The second-order valence-electron chi connectivity index (χ2n) is 4.94. The van der Waals surface area contributed by atoms with Gasteiger partial charge in [0.15, 0.2) is 0 Å². The Balaban J connectivity index is 1.84. The summed E-state index contributed by atoms with van der Waals surface area (Å²) in [5, 5.41) is 9.71. The smallest absolute Gasteiger partial charge is 0.272 e. The molecule has 0 saturated carbocycles. The van der Waals surface area contributed by atoms with Crippen LogP contribution < -0.4 is 0 Å². The molecular weight excluding hydrogens is 216 g/mol. The summed E-state index contributed by atoms with van der Waals surface area (Å²) < 4.78 is 0. The van der Waals surface area contributed by atoms with E-state index in [1.54, 1.807) is 12.3 Å². The fourth-order valence-corrected chi connectivity index (χ4v) is 3.10. The molecule has 17 heavy (non-hydrogen) atoms. The first-order chi connectivity index (χ1) is 8.25. The molecule has 2 atom stereocenters. The molecule has 2 aliphatic heterocycles. The maximum atomic E-state index is 12.3. The van der Waals surface area contributed by atoms with Crippen LogP contribution in [0.4, 0.5) is 0 Å². The van der Waals surface area contributed by atoms with Crippen molar-refractivity contribution in [2.45, 2.75) is 43.9 Å². The van der Waals surface area contributed by atoms with Gasteiger partial charge in [0.05, 0.1) is 6.10 Å². The highest BCUT2D eigenvalue weighted by molar-refractivity contribution is 5.93. The van der Waals surface area contributed by atoms with Crippen molar-refractivity contribution in [3.63, 3.8) is 0 Å². The maximum Gasteiger partial charge on any atom is 0.272 e. The highest BCUT2D eigenvalue weighted by Crippen LogP contribution is 2.36. The van der Waals surface area contributed by atoms with Gasteiger partial charge in [0.25, 0.3) is 5.91 Å². The molecule has 3 rings (SSSR count). The predicted octanol–water partition coefficient (Wildman–Crippen LogP) is 1.21. The molecule has 2 aliphatic rings. The molecule has 1 N–H and O–H groups in total. The number of fused-ring (bicyclic) bond motifs is 2. The number of amides is 1. The lowest BCUT2D eigenvalue weighted by molar-refractivity contribution is 0.0282. The third-order valence-electron chi connectivity index (χ3n) is 3.83. The summed E-state index contributed by atoms with van der Waals surface area (Å²) >= 11 is 0. The average Bonchev–Trinajstić information content (AvgIpc) is 2.62. The molecule has 3 heterocycles. The van der Waals surface area contributed by atoms with E-state index >= 15 is 0 Å². The quantitative estimate of drug-likeness (QED) is 0.791. The van der Waals surface area contributed by atoms with Gasteiger partial charge in [-0.15, -0.1) is 0 Å². The number of carbonyl (C=O) groups is 1. The van der Waals surface area contributed by atoms with Crippen LogP contribution in [0.15, 0.2) is 24.4 Å². The zero-order chi connectivity index (χ0) is 11.8. The molecule has 0 spiro atoms. The van der Waals surface area contributed by atoms with Gasteiger partial charge in [-0.25, -0.2) is 0 Å². The van der Waals surface area contributed by atoms with Gasteiger partial charge >= 0.3 is 0 Å². The molecule has 0 radical (unpaired) electrons. The molecule has 2 saturated heterocycles. The second-order valence-corrected chi connectivity index (χ2v) is 4.94. The molecular formula is C13H16N2O2. The fourth-order valence-electron chi connectivity index (χ4n) is 3.10. The van der Waals surface area contributed by atoms with E-state index in [0.717, 1.165) is 25.7 Å². The lowest BCUT2D eigenvalue weighted by atomic mass is 9.99. The molecule has 1 aromatic rings. The topological polar surface area (TPSA) is 53.4 Å². The number of aliphatic hydroxyl groups excluding tert-OH is 1. The minimum atomic E-state index is -0.236. The van der Waals surface area contributed by atoms with Crippen LogP contribution in [0.2, 0.25) is 0 Å². The molecule has 2 fully saturated rings. The number of piperidine rings is 1. The number of aliphatic hydroxyl groups is 1. The van der Waals surface area contributed by atoms with Crippen molar-refractivity contribution in [3.05, 3.63) is 30.1 Å². The van der Waals surface area contributed by atoms with Crippen LogP contribution in [0.3, 0.4) is 0 Å². The highest BCUT2D eigenvalue weighted by atomic mass is 16.3. The van der Waals surface area contributed by atoms with Crippen molar-refractivity contribution < 1.29 is 9.90 Å². The summed E-state index contributed by atoms with van der Waals surface area (Å²) in [6.07, 6.45) is 4.87. The van der Waals surface area contributed by atoms with Crippen molar-refractivity contribution in [1.29, 1.82) is 0 Å². The monoisotopic (exact) mass is 232 g/mol. The Kier molecular flexibility index (Phi) is 2.59. The molecule has 4 heteroatoms. The third kappa shape index (κ3) is 1.82. The van der Waals surface area contributed by atoms with Gasteiger partial charge in [-0.05, 0) is 37.8 Å². The zero-order valence-electron chi connectivity index (χ0n) is 9.62. The Hall–Kier alpha value is -1.42. The van der Waals surface area contributed by atoms with Gasteiger partial charge in [0.2, 0.25) is 0 Å². The average molecular weight is 232 g/mol. The summed E-state index contributed by atoms with van der Waals surface area (Å²) in [6, 6.07) is 5.82. The summed E-state index contributed by atoms with van der Waals surface area (Å²) in [4.78, 5) is 18.4. The van der Waals surface area contributed by atoms with Crippen molar-refractivity contribution >= 4 is 5.91 Å². The largest absolute Gasteiger partial charge is 0.393 e. The normalized spacial score (nSPS) is 31.6. The lowest BCUT2D eigenvalue weighted by Gasteiger charge is -2.36. The van der Waals surface area contributed by atoms with Gasteiger partial charge in [-0.1, -0.05) is 6.07 Å². The summed E-state index contributed by atoms with van der Waals surface area (Å²) in [5.41, 5.74) is 0.515. The SMILES string of the molecule is O=C(c1ccccn1)N1C2CCC1CC(O)C2. The number of rotatable bonds is 1. The fraction of sp³-hybridized carbons (Fsp3) is 0.538. The first kappa shape index (κ1) is 10.7.